The third-order valence-corrected chi connectivity index (χ3v) is 1.52. The molecule has 2 aromatic heterocycles. The minimum Gasteiger partial charge on any atom is -0.418 e. The van der Waals surface area contributed by atoms with Crippen LogP contribution in [0.25, 0.3) is 10.8 Å². The highest BCUT2D eigenvalue weighted by Gasteiger charge is 2.20. The summed E-state index contributed by atoms with van der Waals surface area (Å²) in [6, 6.07) is 0. The van der Waals surface area contributed by atoms with Gasteiger partial charge in [0.15, 0.2) is 4.98 Å². The van der Waals surface area contributed by atoms with E-state index in [1.807, 2.05) is 0 Å². The first-order chi connectivity index (χ1) is 7.83. The summed E-state index contributed by atoms with van der Waals surface area (Å²) in [7, 11) is -6.00. The van der Waals surface area contributed by atoms with Gasteiger partial charge in [0.05, 0.1) is 0 Å². The molecule has 0 aliphatic heterocycles. The highest BCUT2D eigenvalue weighted by molar-refractivity contribution is 8.93. The quantitative estimate of drug-likeness (QED) is 0.458. The van der Waals surface area contributed by atoms with Gasteiger partial charge in [0.2, 0.25) is 11.2 Å². The predicted molar refractivity (Wildman–Crippen MR) is 61.1 cm³/mol. The molecular formula is C6H5BBrF4N5O. The SMILES string of the molecule is Br.F[B-](F)(F)F.N#[N+]c1cnc2[nH]ccn2c1=O. The van der Waals surface area contributed by atoms with E-state index >= 15 is 0 Å². The Bertz CT molecular complexity index is 611. The third-order valence-electron chi connectivity index (χ3n) is 1.52. The van der Waals surface area contributed by atoms with Gasteiger partial charge < -0.3 is 22.2 Å². The first-order valence-electron chi connectivity index (χ1n) is 4.10. The second-order valence-corrected chi connectivity index (χ2v) is 2.70. The molecule has 0 aliphatic rings. The second kappa shape index (κ2) is 6.15. The molecule has 0 saturated heterocycles. The normalized spacial score (nSPS) is 9.94. The van der Waals surface area contributed by atoms with Crippen LogP contribution in [0.3, 0.4) is 0 Å². The molecule has 18 heavy (non-hydrogen) atoms. The molecule has 12 heteroatoms. The van der Waals surface area contributed by atoms with Gasteiger partial charge in [0, 0.05) is 12.4 Å². The molecule has 0 unspecified atom stereocenters. The number of rotatable bonds is 0. The number of fused-ring (bicyclic) bond motifs is 1. The summed E-state index contributed by atoms with van der Waals surface area (Å²) >= 11 is 0. The minimum absolute atomic E-state index is 0. The lowest BCUT2D eigenvalue weighted by Gasteiger charge is -1.94. The van der Waals surface area contributed by atoms with Crippen molar-refractivity contribution in [3.63, 3.8) is 0 Å². The topological polar surface area (TPSA) is 78.3 Å². The van der Waals surface area contributed by atoms with E-state index in [2.05, 4.69) is 14.9 Å². The van der Waals surface area contributed by atoms with E-state index in [0.717, 1.165) is 0 Å². The Morgan fingerprint density at radius 3 is 2.44 bits per heavy atom. The number of aromatic amines is 1. The van der Waals surface area contributed by atoms with E-state index < -0.39 is 12.8 Å². The molecule has 0 atom stereocenters. The van der Waals surface area contributed by atoms with E-state index in [1.54, 1.807) is 6.20 Å². The molecule has 0 aromatic carbocycles. The van der Waals surface area contributed by atoms with Gasteiger partial charge in [-0.2, -0.15) is 0 Å². The van der Waals surface area contributed by atoms with Crippen LogP contribution >= 0.6 is 17.0 Å². The van der Waals surface area contributed by atoms with Gasteiger partial charge in [-0.15, -0.1) is 17.0 Å². The van der Waals surface area contributed by atoms with Gasteiger partial charge in [0.25, 0.3) is 0 Å². The largest absolute Gasteiger partial charge is 0.673 e. The van der Waals surface area contributed by atoms with Crippen LogP contribution in [0.15, 0.2) is 23.4 Å². The number of nitrogens with zero attached hydrogens (tertiary/aromatic N) is 4. The van der Waals surface area contributed by atoms with Crippen LogP contribution < -0.4 is 5.56 Å². The monoisotopic (exact) mass is 329 g/mol. The summed E-state index contributed by atoms with van der Waals surface area (Å²) in [5, 5.41) is 8.38. The summed E-state index contributed by atoms with van der Waals surface area (Å²) in [4.78, 5) is 20.6. The molecule has 0 aliphatic carbocycles. The Kier molecular flexibility index (Phi) is 5.50. The lowest BCUT2D eigenvalue weighted by Crippen LogP contribution is -2.11. The zero-order valence-corrected chi connectivity index (χ0v) is 10.1. The lowest BCUT2D eigenvalue weighted by molar-refractivity contribution is 0.368. The Balaban J connectivity index is 0.000000421. The average molecular weight is 330 g/mol. The van der Waals surface area contributed by atoms with Gasteiger partial charge in [0.1, 0.15) is 6.20 Å². The molecule has 0 fully saturated rings. The van der Waals surface area contributed by atoms with Crippen molar-refractivity contribution in [2.75, 3.05) is 0 Å². The highest BCUT2D eigenvalue weighted by Crippen LogP contribution is 2.06. The first-order valence-corrected chi connectivity index (χ1v) is 4.10. The van der Waals surface area contributed by atoms with E-state index in [4.69, 9.17) is 5.39 Å². The van der Waals surface area contributed by atoms with E-state index in [-0.39, 0.29) is 22.7 Å². The van der Waals surface area contributed by atoms with E-state index in [0.29, 0.717) is 5.78 Å². The zero-order valence-electron chi connectivity index (χ0n) is 8.43. The van der Waals surface area contributed by atoms with E-state index in [9.17, 15) is 22.1 Å². The maximum absolute atomic E-state index is 11.3. The van der Waals surface area contributed by atoms with Crippen molar-refractivity contribution in [2.24, 2.45) is 0 Å². The maximum Gasteiger partial charge on any atom is 0.673 e. The van der Waals surface area contributed by atoms with Crippen LogP contribution in [0.2, 0.25) is 0 Å². The average Bonchev–Trinajstić information content (AvgIpc) is 2.64. The van der Waals surface area contributed by atoms with Crippen molar-refractivity contribution < 1.29 is 17.3 Å². The summed E-state index contributed by atoms with van der Waals surface area (Å²) in [5.41, 5.74) is -0.476. The molecule has 98 valence electrons. The van der Waals surface area contributed by atoms with Crippen molar-refractivity contribution in [3.05, 3.63) is 33.9 Å². The number of halogens is 5. The fourth-order valence-corrected chi connectivity index (χ4v) is 0.959. The standard InChI is InChI=1S/C6H3N5O.BF4.BrH/c7-10-4-3-9-6-8-1-2-11(6)5(4)12;2-1(3,4)5;/h1-3H;;1H/q;-1;/p+1. The summed E-state index contributed by atoms with van der Waals surface area (Å²) in [5.74, 6) is 0.424. The van der Waals surface area contributed by atoms with Gasteiger partial charge in [-0.25, -0.2) is 9.38 Å². The molecule has 0 radical (unpaired) electrons. The number of nitrogens with one attached hydrogen (secondary N) is 1. The molecule has 6 nitrogen and oxygen atoms in total. The predicted octanol–water partition coefficient (Wildman–Crippen LogP) is 2.39. The third kappa shape index (κ3) is 4.54. The van der Waals surface area contributed by atoms with Crippen LogP contribution in [0, 0.1) is 5.39 Å². The van der Waals surface area contributed by atoms with Crippen LogP contribution in [-0.4, -0.2) is 21.6 Å². The number of diazo groups is 1. The van der Waals surface area contributed by atoms with Crippen LogP contribution in [-0.2, 0) is 0 Å². The summed E-state index contributed by atoms with van der Waals surface area (Å²) in [6.45, 7) is 0. The van der Waals surface area contributed by atoms with Crippen molar-refractivity contribution in [3.8, 4) is 0 Å². The molecular weight excluding hydrogens is 325 g/mol. The molecule has 2 rings (SSSR count). The Hall–Kier alpha value is -1.90. The fraction of sp³-hybridized carbons (Fsp3) is 0. The number of hydrogen-bond donors (Lipinski definition) is 1. The van der Waals surface area contributed by atoms with Crippen molar-refractivity contribution in [1.29, 1.82) is 5.39 Å². The lowest BCUT2D eigenvalue weighted by atomic mass is 10.3. The molecule has 0 amide bonds. The zero-order chi connectivity index (χ0) is 13.1. The number of imidazole rings is 1. The van der Waals surface area contributed by atoms with Crippen LogP contribution in [0.4, 0.5) is 23.0 Å². The Morgan fingerprint density at radius 1 is 1.39 bits per heavy atom. The van der Waals surface area contributed by atoms with Crippen LogP contribution in [0.1, 0.15) is 0 Å². The molecule has 0 spiro atoms. The fourth-order valence-electron chi connectivity index (χ4n) is 0.959. The smallest absolute Gasteiger partial charge is 0.418 e. The molecule has 0 saturated carbocycles. The summed E-state index contributed by atoms with van der Waals surface area (Å²) < 4.78 is 40.3. The number of aromatic nitrogens is 3. The Labute approximate surface area is 107 Å². The van der Waals surface area contributed by atoms with Crippen molar-refractivity contribution in [1.82, 2.24) is 14.4 Å². The van der Waals surface area contributed by atoms with Crippen LogP contribution in [0.5, 0.6) is 0 Å². The molecule has 1 N–H and O–H groups in total. The summed E-state index contributed by atoms with van der Waals surface area (Å²) in [6.07, 6.45) is 4.29. The highest BCUT2D eigenvalue weighted by atomic mass is 79.9. The Morgan fingerprint density at radius 2 is 1.94 bits per heavy atom. The second-order valence-electron chi connectivity index (χ2n) is 2.70. The van der Waals surface area contributed by atoms with Gasteiger partial charge in [-0.05, 0) is 0 Å². The van der Waals surface area contributed by atoms with Gasteiger partial charge in [-0.3, -0.25) is 4.79 Å². The van der Waals surface area contributed by atoms with Crippen molar-refractivity contribution in [2.45, 2.75) is 0 Å². The first kappa shape index (κ1) is 16.1. The minimum atomic E-state index is -6.00. The van der Waals surface area contributed by atoms with Gasteiger partial charge >= 0.3 is 18.5 Å². The number of H-pyrrole nitrogens is 1. The van der Waals surface area contributed by atoms with Gasteiger partial charge in [-0.1, -0.05) is 0 Å². The maximum atomic E-state index is 11.3. The molecule has 0 bridgehead atoms. The van der Waals surface area contributed by atoms with E-state index in [1.165, 1.54) is 16.8 Å². The van der Waals surface area contributed by atoms with Crippen molar-refractivity contribution >= 4 is 35.7 Å². The molecule has 2 heterocycles. The number of hydrogen-bond acceptors (Lipinski definition) is 3. The molecule has 2 aromatic rings.